The highest BCUT2D eigenvalue weighted by Crippen LogP contribution is 2.10. The van der Waals surface area contributed by atoms with Crippen molar-refractivity contribution in [2.45, 2.75) is 10.9 Å². The zero-order valence-electron chi connectivity index (χ0n) is 7.70. The lowest BCUT2D eigenvalue weighted by Gasteiger charge is -2.15. The number of rotatable bonds is 7. The van der Waals surface area contributed by atoms with Crippen LogP contribution in [0, 0.1) is 0 Å². The van der Waals surface area contributed by atoms with E-state index in [2.05, 4.69) is 5.32 Å². The molecule has 14 heavy (non-hydrogen) atoms. The van der Waals surface area contributed by atoms with Crippen LogP contribution >= 0.6 is 46.7 Å². The average Bonchev–Trinajstić information content (AvgIpc) is 2.16. The van der Waals surface area contributed by atoms with Crippen molar-refractivity contribution in [2.75, 3.05) is 23.7 Å². The highest BCUT2D eigenvalue weighted by Gasteiger charge is 2.16. The van der Waals surface area contributed by atoms with Crippen molar-refractivity contribution in [2.24, 2.45) is 0 Å². The smallest absolute Gasteiger partial charge is 0.253 e. The molecule has 7 heteroatoms. The van der Waals surface area contributed by atoms with Crippen molar-refractivity contribution in [1.29, 1.82) is 0 Å². The average molecular weight is 278 g/mol. The Bertz CT molecular complexity index is 172. The molecule has 0 rings (SSSR count). The van der Waals surface area contributed by atoms with Crippen LogP contribution in [0.15, 0.2) is 0 Å². The Kier molecular flexibility index (Phi) is 9.43. The molecular formula is C7H13Cl2NO2S2. The summed E-state index contributed by atoms with van der Waals surface area (Å²) in [6.07, 6.45) is 1.99. The molecule has 2 N–H and O–H groups in total. The maximum absolute atomic E-state index is 11.0. The Morgan fingerprint density at radius 3 is 2.64 bits per heavy atom. The second-order valence-electron chi connectivity index (χ2n) is 2.47. The van der Waals surface area contributed by atoms with Crippen LogP contribution < -0.4 is 5.32 Å². The molecule has 84 valence electrons. The number of halogens is 2. The van der Waals surface area contributed by atoms with Gasteiger partial charge in [0, 0.05) is 10.8 Å². The normalized spacial score (nSPS) is 12.9. The number of hydrogen-bond donors (Lipinski definition) is 2. The quantitative estimate of drug-likeness (QED) is 0.419. The van der Waals surface area contributed by atoms with Crippen LogP contribution in [0.25, 0.3) is 0 Å². The molecule has 1 amide bonds. The molecule has 0 fully saturated rings. The van der Waals surface area contributed by atoms with E-state index in [0.29, 0.717) is 5.75 Å². The minimum Gasteiger partial charge on any atom is -0.394 e. The number of nitrogens with one attached hydrogen (secondary N) is 1. The summed E-state index contributed by atoms with van der Waals surface area (Å²) in [5.41, 5.74) is 0. The minimum atomic E-state index is -1.07. The molecule has 0 aliphatic rings. The monoisotopic (exact) mass is 277 g/mol. The summed E-state index contributed by atoms with van der Waals surface area (Å²) in [5, 5.41) is 12.4. The number of thioether (sulfide) groups is 2. The third kappa shape index (κ3) is 7.06. The highest BCUT2D eigenvalue weighted by molar-refractivity contribution is 8.15. The summed E-state index contributed by atoms with van der Waals surface area (Å²) in [6, 6.07) is -0.278. The summed E-state index contributed by atoms with van der Waals surface area (Å²) in [7, 11) is 0. The predicted molar refractivity (Wildman–Crippen MR) is 65.4 cm³/mol. The zero-order valence-corrected chi connectivity index (χ0v) is 10.8. The van der Waals surface area contributed by atoms with Crippen LogP contribution in [0.2, 0.25) is 0 Å². The van der Waals surface area contributed by atoms with E-state index in [9.17, 15) is 4.79 Å². The molecule has 0 saturated carbocycles. The Labute approximate surface area is 102 Å². The van der Waals surface area contributed by atoms with Crippen LogP contribution in [-0.2, 0) is 4.79 Å². The van der Waals surface area contributed by atoms with E-state index in [1.165, 1.54) is 0 Å². The van der Waals surface area contributed by atoms with Gasteiger partial charge in [-0.3, -0.25) is 4.79 Å². The third-order valence-corrected chi connectivity index (χ3v) is 3.93. The lowest BCUT2D eigenvalue weighted by atomic mass is 10.3. The molecular weight excluding hydrogens is 265 g/mol. The summed E-state index contributed by atoms with van der Waals surface area (Å²) in [6.45, 7) is -0.104. The molecule has 0 aromatic carbocycles. The first-order valence-corrected chi connectivity index (χ1v) is 7.30. The molecule has 1 unspecified atom stereocenters. The van der Waals surface area contributed by atoms with Gasteiger partial charge in [-0.05, 0) is 6.26 Å². The predicted octanol–water partition coefficient (Wildman–Crippen LogP) is 1.32. The summed E-state index contributed by atoms with van der Waals surface area (Å²) in [5.74, 6) is 0.195. The van der Waals surface area contributed by atoms with Gasteiger partial charge in [0.25, 0.3) is 5.91 Å². The number of aliphatic hydroxyl groups excluding tert-OH is 1. The van der Waals surface area contributed by atoms with Crippen LogP contribution in [0.1, 0.15) is 0 Å². The molecule has 0 bridgehead atoms. The number of carbonyl (C=O) groups is 1. The summed E-state index contributed by atoms with van der Waals surface area (Å²) < 4.78 is 0. The van der Waals surface area contributed by atoms with E-state index in [1.54, 1.807) is 23.5 Å². The molecule has 0 aliphatic heterocycles. The standard InChI is InChI=1S/C7H13Cl2NO2S2/c1-13-4-14-3-5(2-11)10-7(12)6(8)9/h5-6,11H,2-4H2,1H3,(H,10,12). The van der Waals surface area contributed by atoms with Crippen molar-refractivity contribution >= 4 is 52.6 Å². The van der Waals surface area contributed by atoms with Gasteiger partial charge in [0.2, 0.25) is 0 Å². The number of alkyl halides is 2. The van der Waals surface area contributed by atoms with Crippen molar-refractivity contribution in [1.82, 2.24) is 5.32 Å². The number of hydrogen-bond acceptors (Lipinski definition) is 4. The van der Waals surface area contributed by atoms with Crippen molar-refractivity contribution < 1.29 is 9.90 Å². The van der Waals surface area contributed by atoms with E-state index in [-0.39, 0.29) is 12.6 Å². The highest BCUT2D eigenvalue weighted by atomic mass is 35.5. The summed E-state index contributed by atoms with van der Waals surface area (Å²) >= 11 is 14.0. The molecule has 0 aromatic rings. The Morgan fingerprint density at radius 1 is 1.57 bits per heavy atom. The molecule has 0 heterocycles. The zero-order chi connectivity index (χ0) is 11.0. The van der Waals surface area contributed by atoms with E-state index in [0.717, 1.165) is 5.08 Å². The second kappa shape index (κ2) is 8.97. The molecule has 3 nitrogen and oxygen atoms in total. The topological polar surface area (TPSA) is 49.3 Å². The van der Waals surface area contributed by atoms with E-state index >= 15 is 0 Å². The second-order valence-corrected chi connectivity index (χ2v) is 5.82. The number of carbonyl (C=O) groups excluding carboxylic acids is 1. The van der Waals surface area contributed by atoms with E-state index < -0.39 is 10.7 Å². The fourth-order valence-electron chi connectivity index (χ4n) is 0.678. The lowest BCUT2D eigenvalue weighted by molar-refractivity contribution is -0.120. The van der Waals surface area contributed by atoms with Gasteiger partial charge in [-0.15, -0.1) is 11.8 Å². The van der Waals surface area contributed by atoms with Crippen LogP contribution in [-0.4, -0.2) is 45.6 Å². The fraction of sp³-hybridized carbons (Fsp3) is 0.857. The van der Waals surface area contributed by atoms with E-state index in [1.807, 2.05) is 6.26 Å². The first-order valence-electron chi connectivity index (χ1n) is 3.87. The van der Waals surface area contributed by atoms with Gasteiger partial charge in [0.1, 0.15) is 0 Å². The first-order chi connectivity index (χ1) is 6.61. The van der Waals surface area contributed by atoms with Gasteiger partial charge in [0.05, 0.1) is 12.6 Å². The Morgan fingerprint density at radius 2 is 2.21 bits per heavy atom. The van der Waals surface area contributed by atoms with Crippen molar-refractivity contribution in [3.8, 4) is 0 Å². The Hall–Kier alpha value is 0.710. The van der Waals surface area contributed by atoms with Crippen LogP contribution in [0.5, 0.6) is 0 Å². The first kappa shape index (κ1) is 14.7. The third-order valence-electron chi connectivity index (χ3n) is 1.29. The van der Waals surface area contributed by atoms with Gasteiger partial charge in [-0.1, -0.05) is 23.2 Å². The van der Waals surface area contributed by atoms with Crippen molar-refractivity contribution in [3.05, 3.63) is 0 Å². The van der Waals surface area contributed by atoms with Gasteiger partial charge in [0.15, 0.2) is 4.84 Å². The molecule has 0 saturated heterocycles. The largest absolute Gasteiger partial charge is 0.394 e. The van der Waals surface area contributed by atoms with Gasteiger partial charge in [-0.2, -0.15) is 11.8 Å². The molecule has 1 atom stereocenters. The van der Waals surface area contributed by atoms with Crippen LogP contribution in [0.4, 0.5) is 0 Å². The molecule has 0 aromatic heterocycles. The lowest BCUT2D eigenvalue weighted by Crippen LogP contribution is -2.41. The maximum atomic E-state index is 11.0. The van der Waals surface area contributed by atoms with E-state index in [4.69, 9.17) is 28.3 Å². The molecule has 0 aliphatic carbocycles. The molecule has 0 radical (unpaired) electrons. The maximum Gasteiger partial charge on any atom is 0.253 e. The summed E-state index contributed by atoms with van der Waals surface area (Å²) in [4.78, 5) is 9.97. The van der Waals surface area contributed by atoms with Crippen LogP contribution in [0.3, 0.4) is 0 Å². The van der Waals surface area contributed by atoms with Gasteiger partial charge >= 0.3 is 0 Å². The van der Waals surface area contributed by atoms with Gasteiger partial charge < -0.3 is 10.4 Å². The minimum absolute atomic E-state index is 0.104. The SMILES string of the molecule is CSCSCC(CO)NC(=O)C(Cl)Cl. The van der Waals surface area contributed by atoms with Crippen molar-refractivity contribution in [3.63, 3.8) is 0 Å². The fourth-order valence-corrected chi connectivity index (χ4v) is 2.33. The van der Waals surface area contributed by atoms with Gasteiger partial charge in [-0.25, -0.2) is 0 Å². The number of aliphatic hydroxyl groups is 1. The number of amides is 1. The molecule has 0 spiro atoms. The Balaban J connectivity index is 3.73.